The molecular formula is C6H7KNO+. The van der Waals surface area contributed by atoms with Crippen LogP contribution in [0.15, 0.2) is 24.3 Å². The number of nitrogens with two attached hydrogens (primary N) is 1. The SMILES string of the molecule is Nc1ccccc1O.[K+]. The fourth-order valence-corrected chi connectivity index (χ4v) is 0.488. The van der Waals surface area contributed by atoms with Gasteiger partial charge in [0.05, 0.1) is 5.69 Å². The molecule has 1 aromatic rings. The Hall–Kier alpha value is 0.456. The molecule has 0 saturated carbocycles. The van der Waals surface area contributed by atoms with Gasteiger partial charge in [-0.2, -0.15) is 0 Å². The van der Waals surface area contributed by atoms with Gasteiger partial charge < -0.3 is 10.8 Å². The van der Waals surface area contributed by atoms with Gasteiger partial charge in [0, 0.05) is 0 Å². The van der Waals surface area contributed by atoms with Crippen LogP contribution in [0.3, 0.4) is 0 Å². The van der Waals surface area contributed by atoms with Crippen LogP contribution in [-0.4, -0.2) is 5.11 Å². The van der Waals surface area contributed by atoms with Crippen molar-refractivity contribution in [3.8, 4) is 5.75 Å². The standard InChI is InChI=1S/C6H7NO.K/c7-5-3-1-2-4-6(5)8;/h1-4,8H,7H2;/q;+1. The van der Waals surface area contributed by atoms with Crippen LogP contribution >= 0.6 is 0 Å². The van der Waals surface area contributed by atoms with Crippen LogP contribution in [0.25, 0.3) is 0 Å². The molecule has 1 rings (SSSR count). The van der Waals surface area contributed by atoms with E-state index in [1.54, 1.807) is 24.3 Å². The fourth-order valence-electron chi connectivity index (χ4n) is 0.488. The number of nitrogen functional groups attached to an aromatic ring is 1. The number of aromatic hydroxyl groups is 1. The van der Waals surface area contributed by atoms with E-state index in [2.05, 4.69) is 0 Å². The molecule has 0 spiro atoms. The van der Waals surface area contributed by atoms with Gasteiger partial charge in [0.25, 0.3) is 0 Å². The van der Waals surface area contributed by atoms with E-state index in [1.807, 2.05) is 0 Å². The zero-order valence-electron chi connectivity index (χ0n) is 5.33. The van der Waals surface area contributed by atoms with Gasteiger partial charge >= 0.3 is 51.4 Å². The van der Waals surface area contributed by atoms with Crippen LogP contribution < -0.4 is 57.1 Å². The van der Waals surface area contributed by atoms with Crippen LogP contribution in [0.1, 0.15) is 0 Å². The van der Waals surface area contributed by atoms with Gasteiger partial charge in [-0.05, 0) is 12.1 Å². The number of para-hydroxylation sites is 2. The predicted octanol–water partition coefficient (Wildman–Crippen LogP) is -2.02. The van der Waals surface area contributed by atoms with Crippen molar-refractivity contribution in [2.45, 2.75) is 0 Å². The molecule has 0 aliphatic heterocycles. The zero-order chi connectivity index (χ0) is 5.98. The second-order valence-electron chi connectivity index (χ2n) is 1.56. The summed E-state index contributed by atoms with van der Waals surface area (Å²) in [7, 11) is 0. The number of hydrogen-bond acceptors (Lipinski definition) is 2. The average molecular weight is 148 g/mol. The summed E-state index contributed by atoms with van der Waals surface area (Å²) < 4.78 is 0. The number of hydrogen-bond donors (Lipinski definition) is 2. The summed E-state index contributed by atoms with van der Waals surface area (Å²) in [4.78, 5) is 0. The molecule has 0 aromatic heterocycles. The van der Waals surface area contributed by atoms with Crippen molar-refractivity contribution in [3.63, 3.8) is 0 Å². The van der Waals surface area contributed by atoms with E-state index in [-0.39, 0.29) is 57.1 Å². The first-order chi connectivity index (χ1) is 3.80. The Labute approximate surface area is 96.5 Å². The second kappa shape index (κ2) is 4.30. The number of rotatable bonds is 0. The summed E-state index contributed by atoms with van der Waals surface area (Å²) in [5.74, 6) is 0.146. The van der Waals surface area contributed by atoms with Crippen molar-refractivity contribution in [1.82, 2.24) is 0 Å². The summed E-state index contributed by atoms with van der Waals surface area (Å²) in [5, 5.41) is 8.79. The molecular weight excluding hydrogens is 141 g/mol. The van der Waals surface area contributed by atoms with E-state index >= 15 is 0 Å². The maximum atomic E-state index is 8.79. The second-order valence-corrected chi connectivity index (χ2v) is 1.56. The Kier molecular flexibility index (Phi) is 4.52. The van der Waals surface area contributed by atoms with E-state index in [0.29, 0.717) is 5.69 Å². The largest absolute Gasteiger partial charge is 1.00 e. The Morgan fingerprint density at radius 2 is 1.78 bits per heavy atom. The van der Waals surface area contributed by atoms with E-state index < -0.39 is 0 Å². The molecule has 3 N–H and O–H groups in total. The Morgan fingerprint density at radius 3 is 2.11 bits per heavy atom. The summed E-state index contributed by atoms with van der Waals surface area (Å²) in [6.45, 7) is 0. The van der Waals surface area contributed by atoms with Gasteiger partial charge in [-0.3, -0.25) is 0 Å². The van der Waals surface area contributed by atoms with E-state index in [0.717, 1.165) is 0 Å². The van der Waals surface area contributed by atoms with Crippen molar-refractivity contribution in [2.75, 3.05) is 5.73 Å². The Bertz CT molecular complexity index is 169. The minimum absolute atomic E-state index is 0. The summed E-state index contributed by atoms with van der Waals surface area (Å²) in [6, 6.07) is 6.70. The molecule has 2 nitrogen and oxygen atoms in total. The molecule has 0 saturated heterocycles. The quantitative estimate of drug-likeness (QED) is 0.253. The van der Waals surface area contributed by atoms with Gasteiger partial charge in [-0.1, -0.05) is 12.1 Å². The molecule has 0 amide bonds. The fraction of sp³-hybridized carbons (Fsp3) is 0. The maximum Gasteiger partial charge on any atom is 1.00 e. The molecule has 0 radical (unpaired) electrons. The van der Waals surface area contributed by atoms with Crippen molar-refractivity contribution in [1.29, 1.82) is 0 Å². The molecule has 0 fully saturated rings. The van der Waals surface area contributed by atoms with Gasteiger partial charge in [-0.15, -0.1) is 0 Å². The smallest absolute Gasteiger partial charge is 0.506 e. The third-order valence-corrected chi connectivity index (χ3v) is 0.937. The third kappa shape index (κ3) is 2.69. The molecule has 0 unspecified atom stereocenters. The molecule has 3 heteroatoms. The van der Waals surface area contributed by atoms with Gasteiger partial charge in [0.2, 0.25) is 0 Å². The van der Waals surface area contributed by atoms with E-state index in [1.165, 1.54) is 0 Å². The number of benzene rings is 1. The van der Waals surface area contributed by atoms with Gasteiger partial charge in [0.1, 0.15) is 5.75 Å². The first-order valence-corrected chi connectivity index (χ1v) is 2.34. The average Bonchev–Trinajstić information content (AvgIpc) is 1.77. The topological polar surface area (TPSA) is 46.2 Å². The molecule has 9 heavy (non-hydrogen) atoms. The molecule has 1 aromatic carbocycles. The van der Waals surface area contributed by atoms with Crippen molar-refractivity contribution in [3.05, 3.63) is 24.3 Å². The molecule has 0 bridgehead atoms. The summed E-state index contributed by atoms with van der Waals surface area (Å²) in [6.07, 6.45) is 0. The van der Waals surface area contributed by atoms with Crippen LogP contribution in [-0.2, 0) is 0 Å². The Balaban J connectivity index is 0.000000640. The van der Waals surface area contributed by atoms with E-state index in [4.69, 9.17) is 10.8 Å². The molecule has 0 aliphatic rings. The minimum Gasteiger partial charge on any atom is -0.506 e. The van der Waals surface area contributed by atoms with Crippen LogP contribution in [0.2, 0.25) is 0 Å². The van der Waals surface area contributed by atoms with E-state index in [9.17, 15) is 0 Å². The summed E-state index contributed by atoms with van der Waals surface area (Å²) in [5.41, 5.74) is 5.69. The van der Waals surface area contributed by atoms with Crippen molar-refractivity contribution in [2.24, 2.45) is 0 Å². The van der Waals surface area contributed by atoms with Gasteiger partial charge in [-0.25, -0.2) is 0 Å². The summed E-state index contributed by atoms with van der Waals surface area (Å²) >= 11 is 0. The predicted molar refractivity (Wildman–Crippen MR) is 32.5 cm³/mol. The zero-order valence-corrected chi connectivity index (χ0v) is 8.46. The number of anilines is 1. The first-order valence-electron chi connectivity index (χ1n) is 2.34. The molecule has 0 heterocycles. The number of phenols is 1. The molecule has 42 valence electrons. The van der Waals surface area contributed by atoms with Crippen molar-refractivity contribution >= 4 is 5.69 Å². The number of phenolic OH excluding ortho intramolecular Hbond substituents is 1. The molecule has 0 aliphatic carbocycles. The van der Waals surface area contributed by atoms with Crippen LogP contribution in [0, 0.1) is 0 Å². The van der Waals surface area contributed by atoms with Crippen molar-refractivity contribution < 1.29 is 56.5 Å². The molecule has 0 atom stereocenters. The maximum absolute atomic E-state index is 8.79. The Morgan fingerprint density at radius 1 is 1.22 bits per heavy atom. The first kappa shape index (κ1) is 9.46. The van der Waals surface area contributed by atoms with Gasteiger partial charge in [0.15, 0.2) is 0 Å². The van der Waals surface area contributed by atoms with Crippen LogP contribution in [0.5, 0.6) is 5.75 Å². The minimum atomic E-state index is 0. The van der Waals surface area contributed by atoms with Crippen LogP contribution in [0.4, 0.5) is 5.69 Å². The monoisotopic (exact) mass is 148 g/mol. The normalized spacial score (nSPS) is 8.00. The third-order valence-electron chi connectivity index (χ3n) is 0.937.